The largest absolute Gasteiger partial charge is 0.317 e. The zero-order chi connectivity index (χ0) is 23.8. The van der Waals surface area contributed by atoms with Gasteiger partial charge in [0.25, 0.3) is 0 Å². The van der Waals surface area contributed by atoms with Gasteiger partial charge in [0.15, 0.2) is 5.13 Å². The van der Waals surface area contributed by atoms with Gasteiger partial charge in [0, 0.05) is 23.7 Å². The maximum Gasteiger partial charge on any atom is 0.191 e. The van der Waals surface area contributed by atoms with Gasteiger partial charge in [-0.05, 0) is 75.0 Å². The second-order valence-electron chi connectivity index (χ2n) is 8.71. The number of aryl methyl sites for hydroxylation is 2. The highest BCUT2D eigenvalue weighted by molar-refractivity contribution is 7.16. The number of nitrogens with zero attached hydrogens (tertiary/aromatic N) is 5. The molecule has 34 heavy (non-hydrogen) atoms. The summed E-state index contributed by atoms with van der Waals surface area (Å²) in [5.41, 5.74) is 4.93. The predicted molar refractivity (Wildman–Crippen MR) is 134 cm³/mol. The zero-order valence-electron chi connectivity index (χ0n) is 19.6. The minimum Gasteiger partial charge on any atom is -0.317 e. The van der Waals surface area contributed by atoms with Crippen LogP contribution in [0.5, 0.6) is 0 Å². The Kier molecular flexibility index (Phi) is 6.07. The molecule has 8 heteroatoms. The van der Waals surface area contributed by atoms with Crippen LogP contribution < -0.4 is 10.2 Å². The molecule has 1 aliphatic heterocycles. The van der Waals surface area contributed by atoms with Gasteiger partial charge < -0.3 is 10.2 Å². The fourth-order valence-corrected chi connectivity index (χ4v) is 5.65. The van der Waals surface area contributed by atoms with Gasteiger partial charge in [0.05, 0.1) is 23.0 Å². The lowest BCUT2D eigenvalue weighted by Crippen LogP contribution is -2.26. The molecule has 1 aliphatic rings. The average molecular weight is 475 g/mol. The highest BCUT2D eigenvalue weighted by atomic mass is 32.1. The molecule has 1 fully saturated rings. The van der Waals surface area contributed by atoms with Gasteiger partial charge >= 0.3 is 0 Å². The summed E-state index contributed by atoms with van der Waals surface area (Å²) in [6.45, 7) is 6.20. The van der Waals surface area contributed by atoms with Gasteiger partial charge in [-0.3, -0.25) is 4.40 Å². The lowest BCUT2D eigenvalue weighted by atomic mass is 9.91. The minimum atomic E-state index is -0.423. The second kappa shape index (κ2) is 9.16. The van der Waals surface area contributed by atoms with Crippen LogP contribution in [0.3, 0.4) is 0 Å². The molecule has 1 aromatic carbocycles. The van der Waals surface area contributed by atoms with E-state index in [9.17, 15) is 9.65 Å². The third-order valence-electron chi connectivity index (χ3n) is 6.58. The number of hydrogen-bond donors (Lipinski definition) is 1. The molecule has 1 saturated heterocycles. The van der Waals surface area contributed by atoms with E-state index in [2.05, 4.69) is 45.9 Å². The molecule has 1 N–H and O–H groups in total. The van der Waals surface area contributed by atoms with E-state index in [4.69, 9.17) is 9.97 Å². The van der Waals surface area contributed by atoms with Crippen LogP contribution in [0.2, 0.25) is 0 Å². The van der Waals surface area contributed by atoms with Crippen LogP contribution in [-0.4, -0.2) is 34.5 Å². The van der Waals surface area contributed by atoms with Crippen LogP contribution in [-0.2, 0) is 6.42 Å². The molecular weight excluding hydrogens is 447 g/mol. The highest BCUT2D eigenvalue weighted by Gasteiger charge is 2.23. The first kappa shape index (κ1) is 22.5. The number of nitrogens with one attached hydrogen (secondary N) is 1. The number of aromatic nitrogens is 3. The molecule has 4 heterocycles. The number of pyridine rings is 1. The van der Waals surface area contributed by atoms with Crippen LogP contribution in [0, 0.1) is 24.1 Å². The number of halogens is 1. The number of nitriles is 1. The zero-order valence-corrected chi connectivity index (χ0v) is 20.4. The van der Waals surface area contributed by atoms with E-state index in [1.54, 1.807) is 17.4 Å². The molecule has 0 saturated carbocycles. The Balaban J connectivity index is 1.58. The summed E-state index contributed by atoms with van der Waals surface area (Å²) in [5.74, 6) is 1.13. The molecule has 0 bridgehead atoms. The fraction of sp³-hybridized carbons (Fsp3) is 0.346. The number of imidazole rings is 1. The van der Waals surface area contributed by atoms with Crippen molar-refractivity contribution in [3.05, 3.63) is 64.0 Å². The summed E-state index contributed by atoms with van der Waals surface area (Å²) < 4.78 is 15.9. The number of hydrogen-bond acceptors (Lipinski definition) is 6. The third kappa shape index (κ3) is 3.95. The molecule has 0 unspecified atom stereocenters. The standard InChI is InChI=1S/C26H27FN6S/c1-4-22-25(33-15-18(5-8-23(33)30-22)17-9-11-29-12-10-17)32(3)26-31-24(16(2)34-26)21-7-6-20(27)13-19(21)14-28/h5-8,13,15,17,29H,4,9-12H2,1-3H3. The molecule has 0 aliphatic carbocycles. The Labute approximate surface area is 202 Å². The normalized spacial score (nSPS) is 14.4. The predicted octanol–water partition coefficient (Wildman–Crippen LogP) is 5.57. The maximum absolute atomic E-state index is 13.7. The van der Waals surface area contributed by atoms with Crippen molar-refractivity contribution >= 4 is 27.9 Å². The van der Waals surface area contributed by atoms with Crippen molar-refractivity contribution in [1.82, 2.24) is 19.7 Å². The van der Waals surface area contributed by atoms with Crippen LogP contribution in [0.25, 0.3) is 16.9 Å². The second-order valence-corrected chi connectivity index (χ2v) is 9.89. The molecular formula is C26H27FN6S. The van der Waals surface area contributed by atoms with E-state index < -0.39 is 5.82 Å². The Morgan fingerprint density at radius 3 is 2.76 bits per heavy atom. The van der Waals surface area contributed by atoms with Gasteiger partial charge in [-0.2, -0.15) is 5.26 Å². The number of piperidine rings is 1. The van der Waals surface area contributed by atoms with Crippen LogP contribution in [0.4, 0.5) is 15.3 Å². The van der Waals surface area contributed by atoms with Gasteiger partial charge in [0.2, 0.25) is 0 Å². The summed E-state index contributed by atoms with van der Waals surface area (Å²) in [5, 5.41) is 13.8. The van der Waals surface area contributed by atoms with Crippen molar-refractivity contribution in [3.63, 3.8) is 0 Å². The Morgan fingerprint density at radius 1 is 1.24 bits per heavy atom. The van der Waals surface area contributed by atoms with Crippen LogP contribution in [0.1, 0.15) is 47.4 Å². The molecule has 4 aromatic rings. The van der Waals surface area contributed by atoms with Crippen molar-refractivity contribution < 1.29 is 4.39 Å². The summed E-state index contributed by atoms with van der Waals surface area (Å²) in [6, 6.07) is 10.7. The molecule has 6 nitrogen and oxygen atoms in total. The lowest BCUT2D eigenvalue weighted by Gasteiger charge is -2.23. The summed E-state index contributed by atoms with van der Waals surface area (Å²) >= 11 is 1.56. The quantitative estimate of drug-likeness (QED) is 0.409. The van der Waals surface area contributed by atoms with Gasteiger partial charge in [0.1, 0.15) is 17.3 Å². The molecule has 3 aromatic heterocycles. The number of rotatable bonds is 5. The fourth-order valence-electron chi connectivity index (χ4n) is 4.77. The molecule has 5 rings (SSSR count). The van der Waals surface area contributed by atoms with Crippen molar-refractivity contribution in [2.75, 3.05) is 25.0 Å². The van der Waals surface area contributed by atoms with Crippen LogP contribution >= 0.6 is 11.3 Å². The van der Waals surface area contributed by atoms with Gasteiger partial charge in [-0.1, -0.05) is 13.0 Å². The lowest BCUT2D eigenvalue weighted by molar-refractivity contribution is 0.459. The first-order valence-corrected chi connectivity index (χ1v) is 12.4. The number of anilines is 2. The molecule has 0 radical (unpaired) electrons. The monoisotopic (exact) mass is 474 g/mol. The molecule has 0 atom stereocenters. The Morgan fingerprint density at radius 2 is 2.03 bits per heavy atom. The maximum atomic E-state index is 13.7. The van der Waals surface area contributed by atoms with E-state index >= 15 is 0 Å². The number of fused-ring (bicyclic) bond motifs is 1. The first-order chi connectivity index (χ1) is 16.5. The molecule has 0 amide bonds. The van der Waals surface area contributed by atoms with Crippen LogP contribution in [0.15, 0.2) is 36.5 Å². The van der Waals surface area contributed by atoms with E-state index in [0.29, 0.717) is 22.7 Å². The summed E-state index contributed by atoms with van der Waals surface area (Å²) in [7, 11) is 2.01. The van der Waals surface area contributed by atoms with E-state index in [0.717, 1.165) is 59.5 Å². The van der Waals surface area contributed by atoms with Crippen molar-refractivity contribution in [3.8, 4) is 17.3 Å². The molecule has 0 spiro atoms. The highest BCUT2D eigenvalue weighted by Crippen LogP contribution is 2.38. The average Bonchev–Trinajstić information content (AvgIpc) is 3.43. The number of thiazole rings is 1. The minimum absolute atomic E-state index is 0.290. The summed E-state index contributed by atoms with van der Waals surface area (Å²) in [6.07, 6.45) is 5.32. The van der Waals surface area contributed by atoms with E-state index in [-0.39, 0.29) is 0 Å². The molecule has 174 valence electrons. The summed E-state index contributed by atoms with van der Waals surface area (Å²) in [4.78, 5) is 12.8. The Hall–Kier alpha value is -3.28. The smallest absolute Gasteiger partial charge is 0.191 e. The van der Waals surface area contributed by atoms with Crippen molar-refractivity contribution in [2.45, 2.75) is 39.0 Å². The van der Waals surface area contributed by atoms with E-state index in [1.807, 2.05) is 14.0 Å². The third-order valence-corrected chi connectivity index (χ3v) is 7.63. The van der Waals surface area contributed by atoms with E-state index in [1.165, 1.54) is 17.7 Å². The number of benzene rings is 1. The Bertz CT molecular complexity index is 1390. The SMILES string of the molecule is CCc1nc2ccc(C3CCNCC3)cn2c1N(C)c1nc(-c2ccc(F)cc2C#N)c(C)s1. The van der Waals surface area contributed by atoms with Gasteiger partial charge in [-0.15, -0.1) is 11.3 Å². The van der Waals surface area contributed by atoms with Gasteiger partial charge in [-0.25, -0.2) is 14.4 Å². The topological polar surface area (TPSA) is 69.2 Å². The first-order valence-electron chi connectivity index (χ1n) is 11.6. The van der Waals surface area contributed by atoms with Crippen molar-refractivity contribution in [1.29, 1.82) is 5.26 Å². The van der Waals surface area contributed by atoms with Crippen molar-refractivity contribution in [2.24, 2.45) is 0 Å².